The van der Waals surface area contributed by atoms with Crippen LogP contribution in [0.15, 0.2) is 24.3 Å². The Labute approximate surface area is 127 Å². The highest BCUT2D eigenvalue weighted by Gasteiger charge is 2.39. The molecule has 0 spiro atoms. The fourth-order valence-electron chi connectivity index (χ4n) is 4.49. The summed E-state index contributed by atoms with van der Waals surface area (Å²) in [5, 5.41) is 0. The highest BCUT2D eigenvalue weighted by atomic mass is 19.1. The van der Waals surface area contributed by atoms with E-state index in [0.717, 1.165) is 18.0 Å². The van der Waals surface area contributed by atoms with Crippen LogP contribution in [0.1, 0.15) is 57.1 Å². The lowest BCUT2D eigenvalue weighted by atomic mass is 9.92. The van der Waals surface area contributed by atoms with Gasteiger partial charge >= 0.3 is 0 Å². The van der Waals surface area contributed by atoms with Crippen molar-refractivity contribution in [1.82, 2.24) is 4.90 Å². The molecule has 0 amide bonds. The minimum Gasteiger partial charge on any atom is -0.326 e. The van der Waals surface area contributed by atoms with Crippen molar-refractivity contribution >= 4 is 0 Å². The smallest absolute Gasteiger partial charge is 0.128 e. The van der Waals surface area contributed by atoms with E-state index in [1.54, 1.807) is 12.1 Å². The van der Waals surface area contributed by atoms with Gasteiger partial charge in [-0.3, -0.25) is 4.90 Å². The van der Waals surface area contributed by atoms with Crippen LogP contribution >= 0.6 is 0 Å². The quantitative estimate of drug-likeness (QED) is 0.912. The van der Waals surface area contributed by atoms with Gasteiger partial charge in [-0.1, -0.05) is 31.0 Å². The zero-order chi connectivity index (χ0) is 14.8. The van der Waals surface area contributed by atoms with Gasteiger partial charge in [-0.25, -0.2) is 4.39 Å². The van der Waals surface area contributed by atoms with E-state index in [1.165, 1.54) is 38.5 Å². The third-order valence-electron chi connectivity index (χ3n) is 5.37. The molecule has 0 aromatic heterocycles. The second-order valence-electron chi connectivity index (χ2n) is 6.82. The van der Waals surface area contributed by atoms with E-state index in [1.807, 2.05) is 19.1 Å². The van der Waals surface area contributed by atoms with Crippen LogP contribution in [0.4, 0.5) is 4.39 Å². The van der Waals surface area contributed by atoms with Gasteiger partial charge in [0, 0.05) is 17.6 Å². The topological polar surface area (TPSA) is 29.3 Å². The predicted octanol–water partition coefficient (Wildman–Crippen LogP) is 3.87. The molecule has 3 rings (SSSR count). The number of rotatable bonds is 4. The summed E-state index contributed by atoms with van der Waals surface area (Å²) in [6, 6.07) is 7.72. The molecular weight excluding hydrogens is 263 g/mol. The molecule has 3 atom stereocenters. The van der Waals surface area contributed by atoms with Gasteiger partial charge in [0.1, 0.15) is 5.82 Å². The maximum Gasteiger partial charge on any atom is 0.128 e. The van der Waals surface area contributed by atoms with Crippen LogP contribution in [-0.4, -0.2) is 23.5 Å². The first-order valence-corrected chi connectivity index (χ1v) is 8.44. The zero-order valence-electron chi connectivity index (χ0n) is 13.0. The van der Waals surface area contributed by atoms with Crippen LogP contribution in [0.2, 0.25) is 0 Å². The van der Waals surface area contributed by atoms with E-state index >= 15 is 0 Å². The van der Waals surface area contributed by atoms with Gasteiger partial charge in [0.2, 0.25) is 0 Å². The van der Waals surface area contributed by atoms with E-state index in [-0.39, 0.29) is 17.9 Å². The highest BCUT2D eigenvalue weighted by molar-refractivity contribution is 5.23. The maximum atomic E-state index is 14.3. The van der Waals surface area contributed by atoms with Crippen LogP contribution in [0, 0.1) is 11.7 Å². The summed E-state index contributed by atoms with van der Waals surface area (Å²) in [4.78, 5) is 2.51. The molecule has 2 fully saturated rings. The van der Waals surface area contributed by atoms with Gasteiger partial charge in [0.25, 0.3) is 0 Å². The minimum atomic E-state index is -0.114. The largest absolute Gasteiger partial charge is 0.326 e. The lowest BCUT2D eigenvalue weighted by molar-refractivity contribution is 0.118. The number of hydrogen-bond donors (Lipinski definition) is 1. The molecule has 116 valence electrons. The van der Waals surface area contributed by atoms with E-state index in [4.69, 9.17) is 5.73 Å². The summed E-state index contributed by atoms with van der Waals surface area (Å²) in [6.45, 7) is 3.07. The molecule has 2 aliphatic rings. The number of nitrogens with two attached hydrogens (primary N) is 1. The predicted molar refractivity (Wildman–Crippen MR) is 84.5 cm³/mol. The van der Waals surface area contributed by atoms with E-state index in [2.05, 4.69) is 4.90 Å². The summed E-state index contributed by atoms with van der Waals surface area (Å²) >= 11 is 0. The molecule has 1 aliphatic carbocycles. The second-order valence-corrected chi connectivity index (χ2v) is 6.82. The molecule has 1 aromatic rings. The van der Waals surface area contributed by atoms with Crippen molar-refractivity contribution in [3.63, 3.8) is 0 Å². The number of hydrogen-bond acceptors (Lipinski definition) is 2. The molecule has 2 N–H and O–H groups in total. The van der Waals surface area contributed by atoms with Crippen molar-refractivity contribution in [3.05, 3.63) is 35.6 Å². The summed E-state index contributed by atoms with van der Waals surface area (Å²) in [5.41, 5.74) is 7.05. The van der Waals surface area contributed by atoms with Crippen LogP contribution in [0.5, 0.6) is 0 Å². The van der Waals surface area contributed by atoms with Gasteiger partial charge in [0.05, 0.1) is 6.04 Å². The molecular formula is C18H27FN2. The summed E-state index contributed by atoms with van der Waals surface area (Å²) in [6.07, 6.45) is 7.87. The Morgan fingerprint density at radius 2 is 1.86 bits per heavy atom. The molecule has 2 nitrogen and oxygen atoms in total. The minimum absolute atomic E-state index is 0.0132. The van der Waals surface area contributed by atoms with Gasteiger partial charge in [0.15, 0.2) is 0 Å². The van der Waals surface area contributed by atoms with Crippen molar-refractivity contribution in [2.75, 3.05) is 6.54 Å². The average molecular weight is 290 g/mol. The average Bonchev–Trinajstić information content (AvgIpc) is 3.11. The Hall–Kier alpha value is -0.930. The summed E-state index contributed by atoms with van der Waals surface area (Å²) < 4.78 is 14.3. The molecule has 3 heteroatoms. The number of benzene rings is 1. The molecule has 0 bridgehead atoms. The lowest BCUT2D eigenvalue weighted by Crippen LogP contribution is -2.44. The first-order valence-electron chi connectivity index (χ1n) is 8.44. The van der Waals surface area contributed by atoms with E-state index < -0.39 is 0 Å². The summed E-state index contributed by atoms with van der Waals surface area (Å²) in [5.74, 6) is 0.678. The molecule has 1 heterocycles. The second kappa shape index (κ2) is 6.45. The third kappa shape index (κ3) is 3.00. The Morgan fingerprint density at radius 1 is 1.14 bits per heavy atom. The third-order valence-corrected chi connectivity index (χ3v) is 5.37. The van der Waals surface area contributed by atoms with E-state index in [0.29, 0.717) is 6.04 Å². The fourth-order valence-corrected chi connectivity index (χ4v) is 4.49. The zero-order valence-corrected chi connectivity index (χ0v) is 13.0. The Kier molecular flexibility index (Phi) is 4.60. The number of halogens is 1. The standard InChI is InChI=1S/C18H27FN2/c1-13(20)18(15-9-4-5-10-16(15)19)21-12-6-11-17(21)14-7-2-3-8-14/h4-5,9-10,13-14,17-18H,2-3,6-8,11-12,20H2,1H3. The van der Waals surface area contributed by atoms with E-state index in [9.17, 15) is 4.39 Å². The fraction of sp³-hybridized carbons (Fsp3) is 0.667. The van der Waals surface area contributed by atoms with Gasteiger partial charge < -0.3 is 5.73 Å². The molecule has 1 saturated heterocycles. The normalized spacial score (nSPS) is 27.1. The van der Waals surface area contributed by atoms with Crippen molar-refractivity contribution in [3.8, 4) is 0 Å². The monoisotopic (exact) mass is 290 g/mol. The van der Waals surface area contributed by atoms with Crippen LogP contribution < -0.4 is 5.73 Å². The molecule has 3 unspecified atom stereocenters. The SMILES string of the molecule is CC(N)C(c1ccccc1F)N1CCCC1C1CCCC1. The van der Waals surface area contributed by atoms with Gasteiger partial charge in [-0.05, 0) is 51.1 Å². The van der Waals surface area contributed by atoms with Crippen LogP contribution in [0.3, 0.4) is 0 Å². The maximum absolute atomic E-state index is 14.3. The van der Waals surface area contributed by atoms with Crippen molar-refractivity contribution in [1.29, 1.82) is 0 Å². The van der Waals surface area contributed by atoms with Gasteiger partial charge in [-0.2, -0.15) is 0 Å². The Morgan fingerprint density at radius 3 is 2.52 bits per heavy atom. The molecule has 1 aromatic carbocycles. The molecule has 1 aliphatic heterocycles. The Bertz CT molecular complexity index is 468. The Balaban J connectivity index is 1.88. The van der Waals surface area contributed by atoms with Crippen LogP contribution in [-0.2, 0) is 0 Å². The number of nitrogens with zero attached hydrogens (tertiary/aromatic N) is 1. The first-order chi connectivity index (χ1) is 10.2. The summed E-state index contributed by atoms with van der Waals surface area (Å²) in [7, 11) is 0. The first kappa shape index (κ1) is 15.0. The lowest BCUT2D eigenvalue weighted by Gasteiger charge is -2.38. The van der Waals surface area contributed by atoms with Gasteiger partial charge in [-0.15, -0.1) is 0 Å². The van der Waals surface area contributed by atoms with Crippen molar-refractivity contribution < 1.29 is 4.39 Å². The van der Waals surface area contributed by atoms with Crippen molar-refractivity contribution in [2.45, 2.75) is 63.6 Å². The molecule has 1 saturated carbocycles. The molecule has 21 heavy (non-hydrogen) atoms. The highest BCUT2D eigenvalue weighted by Crippen LogP contribution is 2.40. The molecule has 0 radical (unpaired) electrons. The number of likely N-dealkylation sites (tertiary alicyclic amines) is 1. The van der Waals surface area contributed by atoms with Crippen molar-refractivity contribution in [2.24, 2.45) is 11.7 Å². The van der Waals surface area contributed by atoms with Crippen LogP contribution in [0.25, 0.3) is 0 Å².